The zero-order valence-electron chi connectivity index (χ0n) is 19.7. The third-order valence-corrected chi connectivity index (χ3v) is 5.52. The molecule has 7 heteroatoms. The molecule has 0 N–H and O–H groups in total. The van der Waals surface area contributed by atoms with E-state index in [0.29, 0.717) is 19.4 Å². The summed E-state index contributed by atoms with van der Waals surface area (Å²) in [7, 11) is 0. The number of carbonyl (C=O) groups excluding carboxylic acids is 2. The van der Waals surface area contributed by atoms with Crippen LogP contribution in [-0.4, -0.2) is 42.6 Å². The summed E-state index contributed by atoms with van der Waals surface area (Å²) in [5.74, 6) is -1.07. The lowest BCUT2D eigenvalue weighted by Gasteiger charge is -2.34. The van der Waals surface area contributed by atoms with Gasteiger partial charge in [-0.1, -0.05) is 66.7 Å². The predicted octanol–water partition coefficient (Wildman–Crippen LogP) is 4.34. The molecule has 1 saturated heterocycles. The average Bonchev–Trinajstić information content (AvgIpc) is 3.08. The number of ether oxygens (including phenoxy) is 5. The third kappa shape index (κ3) is 7.00. The second kappa shape index (κ2) is 12.5. The van der Waals surface area contributed by atoms with E-state index in [4.69, 9.17) is 23.7 Å². The van der Waals surface area contributed by atoms with Gasteiger partial charge in [-0.15, -0.1) is 6.58 Å². The van der Waals surface area contributed by atoms with Gasteiger partial charge in [-0.05, 0) is 24.0 Å². The van der Waals surface area contributed by atoms with Crippen LogP contribution in [0.5, 0.6) is 0 Å². The van der Waals surface area contributed by atoms with Crippen molar-refractivity contribution >= 4 is 11.9 Å². The fraction of sp³-hybridized carbons (Fsp3) is 0.407. The molecular formula is C27H32O7. The van der Waals surface area contributed by atoms with E-state index < -0.39 is 36.0 Å². The summed E-state index contributed by atoms with van der Waals surface area (Å²) >= 11 is 0. The first kappa shape index (κ1) is 25.6. The Labute approximate surface area is 200 Å². The van der Waals surface area contributed by atoms with Crippen molar-refractivity contribution in [3.63, 3.8) is 0 Å². The fourth-order valence-corrected chi connectivity index (χ4v) is 4.03. The minimum Gasteiger partial charge on any atom is -0.453 e. The molecule has 34 heavy (non-hydrogen) atoms. The van der Waals surface area contributed by atoms with Gasteiger partial charge in [0.15, 0.2) is 6.10 Å². The Morgan fingerprint density at radius 2 is 1.53 bits per heavy atom. The molecule has 3 rings (SSSR count). The Balaban J connectivity index is 1.89. The second-order valence-corrected chi connectivity index (χ2v) is 8.26. The summed E-state index contributed by atoms with van der Waals surface area (Å²) in [5, 5.41) is 0. The first-order chi connectivity index (χ1) is 16.4. The smallest absolute Gasteiger partial charge is 0.305 e. The lowest BCUT2D eigenvalue weighted by Crippen LogP contribution is -2.49. The average molecular weight is 469 g/mol. The number of rotatable bonds is 12. The van der Waals surface area contributed by atoms with Crippen LogP contribution in [0.1, 0.15) is 37.8 Å². The van der Waals surface area contributed by atoms with Crippen LogP contribution in [0.2, 0.25) is 0 Å². The van der Waals surface area contributed by atoms with Gasteiger partial charge < -0.3 is 23.7 Å². The molecule has 182 valence electrons. The first-order valence-electron chi connectivity index (χ1n) is 11.3. The topological polar surface area (TPSA) is 80.3 Å². The van der Waals surface area contributed by atoms with E-state index >= 15 is 0 Å². The molecule has 1 fully saturated rings. The van der Waals surface area contributed by atoms with Crippen molar-refractivity contribution in [2.24, 2.45) is 0 Å². The van der Waals surface area contributed by atoms with Crippen LogP contribution >= 0.6 is 0 Å². The second-order valence-electron chi connectivity index (χ2n) is 8.26. The zero-order valence-corrected chi connectivity index (χ0v) is 19.7. The monoisotopic (exact) mass is 468 g/mol. The van der Waals surface area contributed by atoms with Crippen LogP contribution in [0.25, 0.3) is 0 Å². The molecule has 2 aromatic carbocycles. The Morgan fingerprint density at radius 1 is 0.941 bits per heavy atom. The summed E-state index contributed by atoms with van der Waals surface area (Å²) in [6.07, 6.45) is 0.0373. The number of carbonyl (C=O) groups is 2. The van der Waals surface area contributed by atoms with Crippen molar-refractivity contribution in [2.45, 2.75) is 64.0 Å². The van der Waals surface area contributed by atoms with Crippen LogP contribution in [-0.2, 0) is 46.5 Å². The minimum absolute atomic E-state index is 0.144. The maximum absolute atomic E-state index is 12.0. The number of esters is 2. The van der Waals surface area contributed by atoms with E-state index in [1.165, 1.54) is 13.8 Å². The highest BCUT2D eigenvalue weighted by Gasteiger charge is 2.59. The number of hydrogen-bond donors (Lipinski definition) is 0. The maximum Gasteiger partial charge on any atom is 0.305 e. The van der Waals surface area contributed by atoms with Crippen molar-refractivity contribution in [3.05, 3.63) is 84.4 Å². The molecule has 2 aromatic rings. The van der Waals surface area contributed by atoms with Crippen molar-refractivity contribution in [1.82, 2.24) is 0 Å². The van der Waals surface area contributed by atoms with E-state index in [1.807, 2.05) is 60.7 Å². The van der Waals surface area contributed by atoms with Crippen molar-refractivity contribution in [3.8, 4) is 0 Å². The van der Waals surface area contributed by atoms with Gasteiger partial charge >= 0.3 is 11.9 Å². The molecule has 1 aliphatic rings. The predicted molar refractivity (Wildman–Crippen MR) is 125 cm³/mol. The summed E-state index contributed by atoms with van der Waals surface area (Å²) in [6, 6.07) is 19.4. The van der Waals surface area contributed by atoms with Crippen LogP contribution < -0.4 is 0 Å². The van der Waals surface area contributed by atoms with Gasteiger partial charge in [0.1, 0.15) is 11.7 Å². The van der Waals surface area contributed by atoms with Gasteiger partial charge in [0.25, 0.3) is 0 Å². The molecule has 1 aliphatic heterocycles. The highest BCUT2D eigenvalue weighted by atomic mass is 16.8. The quantitative estimate of drug-likeness (QED) is 0.339. The molecule has 4 atom stereocenters. The van der Waals surface area contributed by atoms with Gasteiger partial charge in [0.05, 0.1) is 19.8 Å². The molecule has 2 unspecified atom stereocenters. The molecule has 0 aliphatic carbocycles. The number of benzene rings is 2. The van der Waals surface area contributed by atoms with E-state index in [1.54, 1.807) is 6.08 Å². The van der Waals surface area contributed by atoms with Crippen molar-refractivity contribution in [1.29, 1.82) is 0 Å². The normalized spacial score (nSPS) is 23.9. The van der Waals surface area contributed by atoms with E-state index in [0.717, 1.165) is 11.1 Å². The van der Waals surface area contributed by atoms with E-state index in [2.05, 4.69) is 6.58 Å². The molecule has 0 aromatic heterocycles. The molecule has 1 heterocycles. The lowest BCUT2D eigenvalue weighted by molar-refractivity contribution is -0.213. The van der Waals surface area contributed by atoms with Crippen LogP contribution in [0.3, 0.4) is 0 Å². The van der Waals surface area contributed by atoms with Crippen molar-refractivity contribution in [2.75, 3.05) is 6.61 Å². The Bertz CT molecular complexity index is 931. The fourth-order valence-electron chi connectivity index (χ4n) is 4.03. The van der Waals surface area contributed by atoms with Gasteiger partial charge in [0, 0.05) is 13.8 Å². The van der Waals surface area contributed by atoms with Gasteiger partial charge in [-0.25, -0.2) is 0 Å². The van der Waals surface area contributed by atoms with Gasteiger partial charge in [0.2, 0.25) is 6.29 Å². The SMILES string of the molecule is C=CCC[C@]1(COCc2ccccc2)OC(OC(C)=O)C(OC(C)=O)[C@H]1OCc1ccccc1. The maximum atomic E-state index is 12.0. The molecule has 0 bridgehead atoms. The molecule has 0 spiro atoms. The number of allylic oxidation sites excluding steroid dienone is 1. The summed E-state index contributed by atoms with van der Waals surface area (Å²) < 4.78 is 29.7. The van der Waals surface area contributed by atoms with Gasteiger partial charge in [-0.3, -0.25) is 9.59 Å². The molecule has 7 nitrogen and oxygen atoms in total. The standard InChI is InChI=1S/C27H32O7/c1-4-5-16-27(19-30-17-22-12-8-6-9-13-22)25(31-18-23-14-10-7-11-15-23)24(32-20(2)28)26(34-27)33-21(3)29/h4,6-15,24-26H,1,5,16-19H2,2-3H3/t24?,25-,26?,27-/m1/s1. The number of hydrogen-bond acceptors (Lipinski definition) is 7. The van der Waals surface area contributed by atoms with Crippen LogP contribution in [0, 0.1) is 0 Å². The summed E-state index contributed by atoms with van der Waals surface area (Å²) in [6.45, 7) is 7.17. The largest absolute Gasteiger partial charge is 0.453 e. The highest BCUT2D eigenvalue weighted by molar-refractivity contribution is 5.67. The minimum atomic E-state index is -1.12. The molecular weight excluding hydrogens is 436 g/mol. The van der Waals surface area contributed by atoms with Crippen LogP contribution in [0.15, 0.2) is 73.3 Å². The molecule has 0 saturated carbocycles. The Morgan fingerprint density at radius 3 is 2.09 bits per heavy atom. The Hall–Kier alpha value is -3.00. The molecule has 0 radical (unpaired) electrons. The highest BCUT2D eigenvalue weighted by Crippen LogP contribution is 2.40. The summed E-state index contributed by atoms with van der Waals surface area (Å²) in [4.78, 5) is 23.8. The molecule has 0 amide bonds. The van der Waals surface area contributed by atoms with E-state index in [9.17, 15) is 9.59 Å². The van der Waals surface area contributed by atoms with E-state index in [-0.39, 0.29) is 13.2 Å². The van der Waals surface area contributed by atoms with Crippen LogP contribution in [0.4, 0.5) is 0 Å². The zero-order chi connectivity index (χ0) is 24.4. The third-order valence-electron chi connectivity index (χ3n) is 5.52. The first-order valence-corrected chi connectivity index (χ1v) is 11.3. The lowest BCUT2D eigenvalue weighted by atomic mass is 9.90. The van der Waals surface area contributed by atoms with Gasteiger partial charge in [-0.2, -0.15) is 0 Å². The Kier molecular flexibility index (Phi) is 9.39. The van der Waals surface area contributed by atoms with Crippen molar-refractivity contribution < 1.29 is 33.3 Å². The summed E-state index contributed by atoms with van der Waals surface area (Å²) in [5.41, 5.74) is 0.926.